The van der Waals surface area contributed by atoms with Gasteiger partial charge in [-0.05, 0) is 78.1 Å². The number of guanidine groups is 1. The second-order valence-corrected chi connectivity index (χ2v) is 7.28. The Hall–Kier alpha value is -1.56. The molecule has 1 saturated heterocycles. The Kier molecular flexibility index (Phi) is 7.75. The zero-order valence-corrected chi connectivity index (χ0v) is 16.7. The van der Waals surface area contributed by atoms with Crippen molar-refractivity contribution in [1.82, 2.24) is 25.3 Å². The Balaban J connectivity index is 1.68. The quantitative estimate of drug-likeness (QED) is 0.429. The van der Waals surface area contributed by atoms with Crippen molar-refractivity contribution in [2.75, 3.05) is 33.2 Å². The van der Waals surface area contributed by atoms with Gasteiger partial charge in [-0.2, -0.15) is 5.10 Å². The summed E-state index contributed by atoms with van der Waals surface area (Å²) in [5.41, 5.74) is 3.71. The van der Waals surface area contributed by atoms with E-state index in [0.29, 0.717) is 6.04 Å². The highest BCUT2D eigenvalue weighted by molar-refractivity contribution is 5.79. The molecule has 142 valence electrons. The summed E-state index contributed by atoms with van der Waals surface area (Å²) in [6, 6.07) is 0.317. The Labute approximate surface area is 153 Å². The third kappa shape index (κ3) is 6.03. The molecule has 0 saturated carbocycles. The molecule has 0 aromatic carbocycles. The smallest absolute Gasteiger partial charge is 0.191 e. The highest BCUT2D eigenvalue weighted by Gasteiger charge is 2.14. The van der Waals surface area contributed by atoms with Gasteiger partial charge in [-0.1, -0.05) is 0 Å². The number of aryl methyl sites for hydroxylation is 2. The molecular weight excluding hydrogens is 312 g/mol. The third-order valence-electron chi connectivity index (χ3n) is 5.17. The van der Waals surface area contributed by atoms with Crippen molar-refractivity contribution in [2.24, 2.45) is 12.0 Å². The van der Waals surface area contributed by atoms with Crippen LogP contribution in [0.1, 0.15) is 49.6 Å². The molecule has 2 heterocycles. The second-order valence-electron chi connectivity index (χ2n) is 7.28. The second kappa shape index (κ2) is 9.80. The van der Waals surface area contributed by atoms with Crippen molar-refractivity contribution in [1.29, 1.82) is 0 Å². The lowest BCUT2D eigenvalue weighted by atomic mass is 10.1. The lowest BCUT2D eigenvalue weighted by molar-refractivity contribution is 0.330. The van der Waals surface area contributed by atoms with E-state index in [2.05, 4.69) is 46.4 Å². The molecule has 1 aromatic rings. The minimum absolute atomic E-state index is 0.317. The molecule has 0 radical (unpaired) electrons. The number of nitrogens with zero attached hydrogens (tertiary/aromatic N) is 4. The van der Waals surface area contributed by atoms with Crippen molar-refractivity contribution >= 4 is 5.96 Å². The standard InChI is InChI=1S/C19H36N6/c1-15(14-18-16(2)23-24(5)17(18)3)22-19(20-4)21-10-6-7-11-25-12-8-9-13-25/h15H,6-14H2,1-5H3,(H2,20,21,22). The van der Waals surface area contributed by atoms with Gasteiger partial charge in [-0.3, -0.25) is 9.67 Å². The normalized spacial score (nSPS) is 17.1. The fourth-order valence-corrected chi connectivity index (χ4v) is 3.57. The first-order valence-electron chi connectivity index (χ1n) is 9.70. The predicted octanol–water partition coefficient (Wildman–Crippen LogP) is 2.01. The summed E-state index contributed by atoms with van der Waals surface area (Å²) in [6.45, 7) is 11.2. The van der Waals surface area contributed by atoms with Gasteiger partial charge in [0.2, 0.25) is 0 Å². The molecule has 2 rings (SSSR count). The molecule has 1 aliphatic heterocycles. The van der Waals surface area contributed by atoms with Crippen LogP contribution in [0.2, 0.25) is 0 Å². The summed E-state index contributed by atoms with van der Waals surface area (Å²) in [6.07, 6.45) is 6.16. The van der Waals surface area contributed by atoms with Crippen molar-refractivity contribution in [3.63, 3.8) is 0 Å². The number of hydrogen-bond acceptors (Lipinski definition) is 3. The third-order valence-corrected chi connectivity index (χ3v) is 5.17. The highest BCUT2D eigenvalue weighted by atomic mass is 15.3. The van der Waals surface area contributed by atoms with Gasteiger partial charge in [-0.25, -0.2) is 0 Å². The summed E-state index contributed by atoms with van der Waals surface area (Å²) in [7, 11) is 3.85. The number of hydrogen-bond donors (Lipinski definition) is 2. The van der Waals surface area contributed by atoms with E-state index in [0.717, 1.165) is 24.6 Å². The summed E-state index contributed by atoms with van der Waals surface area (Å²) in [4.78, 5) is 6.94. The van der Waals surface area contributed by atoms with E-state index in [4.69, 9.17) is 0 Å². The van der Waals surface area contributed by atoms with Crippen LogP contribution < -0.4 is 10.6 Å². The Morgan fingerprint density at radius 2 is 1.96 bits per heavy atom. The van der Waals surface area contributed by atoms with Crippen LogP contribution in [0, 0.1) is 13.8 Å². The van der Waals surface area contributed by atoms with E-state index in [9.17, 15) is 0 Å². The van der Waals surface area contributed by atoms with Gasteiger partial charge in [0.25, 0.3) is 0 Å². The van der Waals surface area contributed by atoms with Gasteiger partial charge in [0.1, 0.15) is 0 Å². The largest absolute Gasteiger partial charge is 0.356 e. The Bertz CT molecular complexity index is 557. The average molecular weight is 349 g/mol. The van der Waals surface area contributed by atoms with Gasteiger partial charge in [0.15, 0.2) is 5.96 Å². The van der Waals surface area contributed by atoms with Crippen molar-refractivity contribution in [3.8, 4) is 0 Å². The van der Waals surface area contributed by atoms with E-state index in [1.54, 1.807) is 0 Å². The van der Waals surface area contributed by atoms with E-state index < -0.39 is 0 Å². The fraction of sp³-hybridized carbons (Fsp3) is 0.789. The molecule has 1 unspecified atom stereocenters. The summed E-state index contributed by atoms with van der Waals surface area (Å²) in [5.74, 6) is 0.896. The minimum atomic E-state index is 0.317. The van der Waals surface area contributed by atoms with E-state index in [-0.39, 0.29) is 0 Å². The molecule has 0 aliphatic carbocycles. The van der Waals surface area contributed by atoms with Crippen molar-refractivity contribution in [2.45, 2.75) is 58.9 Å². The monoisotopic (exact) mass is 348 g/mol. The number of likely N-dealkylation sites (tertiary alicyclic amines) is 1. The van der Waals surface area contributed by atoms with Gasteiger partial charge in [-0.15, -0.1) is 0 Å². The van der Waals surface area contributed by atoms with E-state index >= 15 is 0 Å². The maximum atomic E-state index is 4.50. The van der Waals surface area contributed by atoms with Crippen LogP contribution in [0.4, 0.5) is 0 Å². The molecule has 25 heavy (non-hydrogen) atoms. The number of rotatable bonds is 8. The molecule has 6 heteroatoms. The maximum absolute atomic E-state index is 4.50. The molecule has 6 nitrogen and oxygen atoms in total. The van der Waals surface area contributed by atoms with Crippen molar-refractivity contribution in [3.05, 3.63) is 17.0 Å². The first-order chi connectivity index (χ1) is 12.0. The number of unbranched alkanes of at least 4 members (excludes halogenated alkanes) is 1. The molecule has 1 aliphatic rings. The molecule has 0 bridgehead atoms. The summed E-state index contributed by atoms with van der Waals surface area (Å²) < 4.78 is 1.96. The first kappa shape index (κ1) is 19.8. The molecule has 1 aromatic heterocycles. The molecule has 1 atom stereocenters. The maximum Gasteiger partial charge on any atom is 0.191 e. The van der Waals surface area contributed by atoms with E-state index in [1.807, 2.05) is 18.8 Å². The molecular formula is C19H36N6. The highest BCUT2D eigenvalue weighted by Crippen LogP contribution is 2.14. The molecule has 0 amide bonds. The van der Waals surface area contributed by atoms with Crippen LogP contribution in [0.3, 0.4) is 0 Å². The van der Waals surface area contributed by atoms with Crippen LogP contribution in [-0.2, 0) is 13.5 Å². The first-order valence-corrected chi connectivity index (χ1v) is 9.70. The van der Waals surface area contributed by atoms with Crippen LogP contribution in [0.15, 0.2) is 4.99 Å². The molecule has 0 spiro atoms. The topological polar surface area (TPSA) is 57.5 Å². The summed E-state index contributed by atoms with van der Waals surface area (Å²) in [5, 5.41) is 11.5. The lowest BCUT2D eigenvalue weighted by Gasteiger charge is -2.19. The fourth-order valence-electron chi connectivity index (χ4n) is 3.57. The number of aromatic nitrogens is 2. The van der Waals surface area contributed by atoms with Gasteiger partial charge in [0.05, 0.1) is 5.69 Å². The number of nitrogens with one attached hydrogen (secondary N) is 2. The minimum Gasteiger partial charge on any atom is -0.356 e. The SMILES string of the molecule is CN=C(NCCCCN1CCCC1)NC(C)Cc1c(C)nn(C)c1C. The Morgan fingerprint density at radius 1 is 1.24 bits per heavy atom. The lowest BCUT2D eigenvalue weighted by Crippen LogP contribution is -2.43. The van der Waals surface area contributed by atoms with Crippen LogP contribution in [-0.4, -0.2) is 59.9 Å². The van der Waals surface area contributed by atoms with Crippen LogP contribution in [0.5, 0.6) is 0 Å². The van der Waals surface area contributed by atoms with Crippen LogP contribution in [0.25, 0.3) is 0 Å². The van der Waals surface area contributed by atoms with Crippen molar-refractivity contribution < 1.29 is 0 Å². The zero-order valence-electron chi connectivity index (χ0n) is 16.7. The van der Waals surface area contributed by atoms with E-state index in [1.165, 1.54) is 56.6 Å². The molecule has 1 fully saturated rings. The summed E-state index contributed by atoms with van der Waals surface area (Å²) >= 11 is 0. The zero-order chi connectivity index (χ0) is 18.2. The average Bonchev–Trinajstić information content (AvgIpc) is 3.18. The Morgan fingerprint density at radius 3 is 2.56 bits per heavy atom. The van der Waals surface area contributed by atoms with Gasteiger partial charge < -0.3 is 15.5 Å². The number of aliphatic imine (C=N–C) groups is 1. The van der Waals surface area contributed by atoms with Gasteiger partial charge >= 0.3 is 0 Å². The predicted molar refractivity (Wildman–Crippen MR) is 105 cm³/mol. The van der Waals surface area contributed by atoms with Gasteiger partial charge in [0, 0.05) is 32.4 Å². The van der Waals surface area contributed by atoms with Crippen LogP contribution >= 0.6 is 0 Å². The molecule has 2 N–H and O–H groups in total.